The van der Waals surface area contributed by atoms with Crippen molar-refractivity contribution in [1.82, 2.24) is 9.88 Å². The molecule has 1 aromatic heterocycles. The van der Waals surface area contributed by atoms with Crippen LogP contribution in [0.4, 0.5) is 0 Å². The van der Waals surface area contributed by atoms with Crippen molar-refractivity contribution in [3.63, 3.8) is 0 Å². The summed E-state index contributed by atoms with van der Waals surface area (Å²) in [7, 11) is -4.08. The van der Waals surface area contributed by atoms with Crippen molar-refractivity contribution in [2.24, 2.45) is 0 Å². The summed E-state index contributed by atoms with van der Waals surface area (Å²) in [5, 5.41) is 16.7. The number of sulfone groups is 1. The molecular weight excluding hydrogens is 340 g/mol. The molecule has 1 aromatic rings. The van der Waals surface area contributed by atoms with E-state index in [1.54, 1.807) is 18.2 Å². The number of nitrogens with zero attached hydrogens (tertiary/aromatic N) is 2. The van der Waals surface area contributed by atoms with Gasteiger partial charge in [-0.25, -0.2) is 18.0 Å². The van der Waals surface area contributed by atoms with E-state index in [-0.39, 0.29) is 5.57 Å². The van der Waals surface area contributed by atoms with Crippen LogP contribution in [0, 0.1) is 0 Å². The number of carboxylic acid groups (broad SMARTS) is 2. The van der Waals surface area contributed by atoms with Crippen LogP contribution in [0.2, 0.25) is 0 Å². The fourth-order valence-electron chi connectivity index (χ4n) is 2.64. The van der Waals surface area contributed by atoms with Crippen LogP contribution in [-0.4, -0.2) is 57.5 Å². The highest BCUT2D eigenvalue weighted by Gasteiger charge is 2.57. The summed E-state index contributed by atoms with van der Waals surface area (Å²) in [6, 6.07) is 4.83. The van der Waals surface area contributed by atoms with Crippen molar-refractivity contribution in [2.75, 3.05) is 5.75 Å². The van der Waals surface area contributed by atoms with Crippen LogP contribution in [-0.2, 0) is 24.2 Å². The van der Waals surface area contributed by atoms with E-state index in [0.717, 1.165) is 0 Å². The van der Waals surface area contributed by atoms with E-state index in [9.17, 15) is 27.9 Å². The van der Waals surface area contributed by atoms with E-state index in [4.69, 9.17) is 5.11 Å². The fraction of sp³-hybridized carbons (Fsp3) is 0.143. The largest absolute Gasteiger partial charge is 0.478 e. The molecule has 24 heavy (non-hydrogen) atoms. The van der Waals surface area contributed by atoms with Crippen LogP contribution in [0.3, 0.4) is 0 Å². The van der Waals surface area contributed by atoms with Gasteiger partial charge in [-0.05, 0) is 18.2 Å². The van der Waals surface area contributed by atoms with Crippen molar-refractivity contribution in [3.05, 3.63) is 46.9 Å². The highest BCUT2D eigenvalue weighted by Crippen LogP contribution is 2.40. The van der Waals surface area contributed by atoms with Crippen molar-refractivity contribution in [1.29, 1.82) is 0 Å². The number of carbonyl (C=O) groups excluding carboxylic acids is 1. The normalized spacial score (nSPS) is 23.7. The number of carbonyl (C=O) groups is 3. The molecule has 0 bridgehead atoms. The summed E-state index contributed by atoms with van der Waals surface area (Å²) < 4.78 is 24.7. The lowest BCUT2D eigenvalue weighted by atomic mass is 10.0. The first-order chi connectivity index (χ1) is 11.2. The maximum atomic E-state index is 12.3. The number of hydrogen-bond donors (Lipinski definition) is 2. The van der Waals surface area contributed by atoms with Gasteiger partial charge in [0.05, 0.1) is 22.6 Å². The zero-order valence-electron chi connectivity index (χ0n) is 11.9. The van der Waals surface area contributed by atoms with Gasteiger partial charge >= 0.3 is 11.9 Å². The number of carboxylic acids is 2. The summed E-state index contributed by atoms with van der Waals surface area (Å²) in [6.07, 6.45) is 2.71. The number of fused-ring (bicyclic) bond motifs is 1. The Kier molecular flexibility index (Phi) is 3.48. The maximum Gasteiger partial charge on any atom is 0.353 e. The van der Waals surface area contributed by atoms with Gasteiger partial charge in [0.1, 0.15) is 5.70 Å². The second-order valence-electron chi connectivity index (χ2n) is 5.13. The maximum absolute atomic E-state index is 12.3. The number of pyridine rings is 1. The molecule has 9 nitrogen and oxygen atoms in total. The monoisotopic (exact) mass is 350 g/mol. The quantitative estimate of drug-likeness (QED) is 0.548. The van der Waals surface area contributed by atoms with Crippen LogP contribution >= 0.6 is 0 Å². The minimum Gasteiger partial charge on any atom is -0.478 e. The zero-order valence-corrected chi connectivity index (χ0v) is 12.7. The minimum atomic E-state index is -4.08. The van der Waals surface area contributed by atoms with E-state index in [1.165, 1.54) is 12.3 Å². The smallest absolute Gasteiger partial charge is 0.353 e. The molecule has 0 radical (unpaired) electrons. The molecule has 3 rings (SSSR count). The summed E-state index contributed by atoms with van der Waals surface area (Å²) in [4.78, 5) is 39.2. The van der Waals surface area contributed by atoms with Gasteiger partial charge < -0.3 is 10.2 Å². The first-order valence-corrected chi connectivity index (χ1v) is 8.33. The number of hydrogen-bond acceptors (Lipinski definition) is 6. The molecule has 0 spiro atoms. The predicted octanol–water partition coefficient (Wildman–Crippen LogP) is -0.515. The highest BCUT2D eigenvalue weighted by atomic mass is 32.2. The van der Waals surface area contributed by atoms with Crippen molar-refractivity contribution >= 4 is 33.8 Å². The topological polar surface area (TPSA) is 142 Å². The molecule has 2 aliphatic heterocycles. The Morgan fingerprint density at radius 1 is 1.25 bits per heavy atom. The lowest BCUT2D eigenvalue weighted by Gasteiger charge is -2.44. The van der Waals surface area contributed by atoms with E-state index >= 15 is 0 Å². The Bertz CT molecular complexity index is 931. The number of aliphatic carboxylic acids is 2. The molecule has 1 fully saturated rings. The molecule has 1 atom stereocenters. The van der Waals surface area contributed by atoms with Gasteiger partial charge in [-0.2, -0.15) is 0 Å². The van der Waals surface area contributed by atoms with Gasteiger partial charge in [0, 0.05) is 6.20 Å². The molecule has 3 heterocycles. The zero-order chi connectivity index (χ0) is 17.6. The first-order valence-electron chi connectivity index (χ1n) is 6.61. The standard InChI is InChI=1S/C14H10N2O7S/c17-11-8(5-7-3-1-2-4-15-7)12-16(11)10(14(20)21)9(13(18)19)6-24(12,22)23/h1-5,12H,6H2,(H,18,19)(H,20,21)/b8-5+/t12-/m1/s1. The lowest BCUT2D eigenvalue weighted by Crippen LogP contribution is -2.62. The summed E-state index contributed by atoms with van der Waals surface area (Å²) in [5.74, 6) is -5.19. The molecular formula is C14H10N2O7S. The van der Waals surface area contributed by atoms with Crippen LogP contribution < -0.4 is 0 Å². The average Bonchev–Trinajstić information content (AvgIpc) is 2.51. The molecule has 0 unspecified atom stereocenters. The molecule has 0 aliphatic carbocycles. The Morgan fingerprint density at radius 2 is 1.96 bits per heavy atom. The third-order valence-corrected chi connectivity index (χ3v) is 5.47. The van der Waals surface area contributed by atoms with Crippen molar-refractivity contribution in [3.8, 4) is 0 Å². The molecule has 0 aromatic carbocycles. The van der Waals surface area contributed by atoms with Crippen LogP contribution in [0.5, 0.6) is 0 Å². The highest BCUT2D eigenvalue weighted by molar-refractivity contribution is 7.92. The van der Waals surface area contributed by atoms with Gasteiger partial charge in [0.2, 0.25) is 0 Å². The van der Waals surface area contributed by atoms with Crippen molar-refractivity contribution in [2.45, 2.75) is 5.37 Å². The molecule has 1 amide bonds. The number of β-lactam (4-membered cyclic amide) rings is 1. The Morgan fingerprint density at radius 3 is 2.50 bits per heavy atom. The SMILES string of the molecule is O=C(O)C1=C(C(=O)O)N2C(=O)/C(=C\c3ccccn3)[C@H]2S(=O)(=O)C1. The first kappa shape index (κ1) is 15.9. The molecule has 2 aliphatic rings. The van der Waals surface area contributed by atoms with Gasteiger partial charge in [0.15, 0.2) is 15.2 Å². The Labute approximate surface area is 135 Å². The van der Waals surface area contributed by atoms with E-state index in [2.05, 4.69) is 4.98 Å². The van der Waals surface area contributed by atoms with Crippen LogP contribution in [0.25, 0.3) is 6.08 Å². The third kappa shape index (κ3) is 2.27. The fourth-order valence-corrected chi connectivity index (χ4v) is 4.54. The summed E-state index contributed by atoms with van der Waals surface area (Å²) in [5.41, 5.74) is -1.45. The third-order valence-electron chi connectivity index (χ3n) is 3.63. The van der Waals surface area contributed by atoms with E-state index in [0.29, 0.717) is 10.6 Å². The van der Waals surface area contributed by atoms with Crippen LogP contribution in [0.1, 0.15) is 5.69 Å². The number of aromatic nitrogens is 1. The van der Waals surface area contributed by atoms with Gasteiger partial charge in [-0.1, -0.05) is 6.07 Å². The Balaban J connectivity index is 2.14. The molecule has 1 saturated heterocycles. The number of amides is 1. The minimum absolute atomic E-state index is 0.142. The molecule has 2 N–H and O–H groups in total. The molecule has 0 saturated carbocycles. The second-order valence-corrected chi connectivity index (χ2v) is 7.19. The van der Waals surface area contributed by atoms with Gasteiger partial charge in [-0.3, -0.25) is 14.7 Å². The van der Waals surface area contributed by atoms with E-state index < -0.39 is 50.1 Å². The van der Waals surface area contributed by atoms with Crippen molar-refractivity contribution < 1.29 is 33.0 Å². The average molecular weight is 350 g/mol. The molecule has 124 valence electrons. The predicted molar refractivity (Wildman–Crippen MR) is 78.9 cm³/mol. The molecule has 10 heteroatoms. The lowest BCUT2D eigenvalue weighted by molar-refractivity contribution is -0.142. The Hall–Kier alpha value is -3.01. The summed E-state index contributed by atoms with van der Waals surface area (Å²) >= 11 is 0. The number of rotatable bonds is 3. The van der Waals surface area contributed by atoms with Gasteiger partial charge in [0.25, 0.3) is 5.91 Å². The second kappa shape index (κ2) is 5.27. The van der Waals surface area contributed by atoms with Gasteiger partial charge in [-0.15, -0.1) is 0 Å². The van der Waals surface area contributed by atoms with E-state index in [1.807, 2.05) is 0 Å². The summed E-state index contributed by atoms with van der Waals surface area (Å²) in [6.45, 7) is 0. The van der Waals surface area contributed by atoms with Crippen LogP contribution in [0.15, 0.2) is 41.2 Å².